The van der Waals surface area contributed by atoms with Gasteiger partial charge in [-0.3, -0.25) is 0 Å². The van der Waals surface area contributed by atoms with Gasteiger partial charge in [-0.2, -0.15) is 0 Å². The van der Waals surface area contributed by atoms with E-state index in [0.717, 1.165) is 61.7 Å². The van der Waals surface area contributed by atoms with Crippen LogP contribution in [0.3, 0.4) is 0 Å². The van der Waals surface area contributed by atoms with Gasteiger partial charge in [0.25, 0.3) is 0 Å². The fraction of sp³-hybridized carbons (Fsp3) is 0.360. The number of hydrogen-bond donors (Lipinski definition) is 4. The standard InChI is InChI=1S/C25H28Br2N4O/c1-24(2)11-15-8-18-16(26)6-13(28-18)9-21-25(3,4)12-19(31-21)23(32-5)22-17(27)7-14(30-22)10-20(24)29-15/h6-10,28-31H,11-12H2,1-5H3. The first kappa shape index (κ1) is 21.7. The van der Waals surface area contributed by atoms with Crippen LogP contribution in [0.5, 0.6) is 0 Å². The first-order valence-electron chi connectivity index (χ1n) is 10.8. The van der Waals surface area contributed by atoms with E-state index in [0.29, 0.717) is 0 Å². The Morgan fingerprint density at radius 3 is 2.16 bits per heavy atom. The van der Waals surface area contributed by atoms with Crippen LogP contribution in [0.2, 0.25) is 0 Å². The molecule has 2 aromatic heterocycles. The van der Waals surface area contributed by atoms with Crippen molar-refractivity contribution in [1.82, 2.24) is 20.6 Å². The quantitative estimate of drug-likeness (QED) is 0.305. The van der Waals surface area contributed by atoms with E-state index >= 15 is 0 Å². The Morgan fingerprint density at radius 2 is 1.44 bits per heavy atom. The van der Waals surface area contributed by atoms with Crippen molar-refractivity contribution in [2.24, 2.45) is 10.8 Å². The lowest BCUT2D eigenvalue weighted by Crippen LogP contribution is -2.13. The maximum atomic E-state index is 5.92. The molecule has 4 N–H and O–H groups in total. The van der Waals surface area contributed by atoms with E-state index in [1.165, 1.54) is 11.4 Å². The van der Waals surface area contributed by atoms with Crippen molar-refractivity contribution in [3.63, 3.8) is 0 Å². The molecule has 32 heavy (non-hydrogen) atoms. The van der Waals surface area contributed by atoms with Crippen LogP contribution in [0.25, 0.3) is 24.0 Å². The van der Waals surface area contributed by atoms with Gasteiger partial charge >= 0.3 is 0 Å². The first-order valence-corrected chi connectivity index (χ1v) is 12.4. The largest absolute Gasteiger partial charge is 0.493 e. The van der Waals surface area contributed by atoms with E-state index in [9.17, 15) is 0 Å². The third kappa shape index (κ3) is 3.69. The van der Waals surface area contributed by atoms with Gasteiger partial charge in [-0.25, -0.2) is 0 Å². The molecule has 3 aliphatic heterocycles. The minimum Gasteiger partial charge on any atom is -0.493 e. The second-order valence-corrected chi connectivity index (χ2v) is 11.8. The lowest BCUT2D eigenvalue weighted by atomic mass is 9.87. The van der Waals surface area contributed by atoms with Crippen LogP contribution in [0.15, 0.2) is 43.9 Å². The molecule has 0 atom stereocenters. The highest BCUT2D eigenvalue weighted by Crippen LogP contribution is 2.44. The van der Waals surface area contributed by atoms with Crippen molar-refractivity contribution < 1.29 is 4.74 Å². The molecule has 5 heterocycles. The van der Waals surface area contributed by atoms with Gasteiger partial charge in [0.15, 0.2) is 5.76 Å². The average Bonchev–Trinajstić information content (AvgIpc) is 3.37. The first-order chi connectivity index (χ1) is 15.1. The molecule has 7 heteroatoms. The van der Waals surface area contributed by atoms with E-state index in [2.05, 4.69) is 111 Å². The Balaban J connectivity index is 1.74. The summed E-state index contributed by atoms with van der Waals surface area (Å²) in [6.45, 7) is 9.05. The molecule has 0 unspecified atom stereocenters. The molecule has 2 fully saturated rings. The maximum absolute atomic E-state index is 5.92. The molecule has 0 amide bonds. The Hall–Kier alpha value is -2.12. The molecule has 0 aromatic carbocycles. The van der Waals surface area contributed by atoms with Crippen molar-refractivity contribution in [2.45, 2.75) is 40.5 Å². The molecule has 5 rings (SSSR count). The number of aromatic amines is 2. The Morgan fingerprint density at radius 1 is 0.812 bits per heavy atom. The predicted octanol–water partition coefficient (Wildman–Crippen LogP) is 6.96. The number of H-pyrrole nitrogens is 2. The molecule has 0 radical (unpaired) electrons. The summed E-state index contributed by atoms with van der Waals surface area (Å²) in [4.78, 5) is 7.14. The van der Waals surface area contributed by atoms with Crippen molar-refractivity contribution in [2.75, 3.05) is 7.11 Å². The molecule has 168 valence electrons. The topological polar surface area (TPSA) is 64.9 Å². The highest BCUT2D eigenvalue weighted by molar-refractivity contribution is 9.10. The van der Waals surface area contributed by atoms with Crippen LogP contribution in [0, 0.1) is 10.8 Å². The van der Waals surface area contributed by atoms with Crippen LogP contribution in [-0.2, 0) is 4.74 Å². The average molecular weight is 560 g/mol. The Kier molecular flexibility index (Phi) is 5.06. The summed E-state index contributed by atoms with van der Waals surface area (Å²) in [6.07, 6.45) is 8.41. The molecular weight excluding hydrogens is 532 g/mol. The van der Waals surface area contributed by atoms with E-state index in [-0.39, 0.29) is 10.8 Å². The molecule has 2 aromatic rings. The third-order valence-electron chi connectivity index (χ3n) is 6.52. The highest BCUT2D eigenvalue weighted by Gasteiger charge is 2.36. The predicted molar refractivity (Wildman–Crippen MR) is 138 cm³/mol. The minimum atomic E-state index is -0.0438. The fourth-order valence-corrected chi connectivity index (χ4v) is 5.75. The number of hydrogen-bond acceptors (Lipinski definition) is 3. The Labute approximate surface area is 205 Å². The van der Waals surface area contributed by atoms with Crippen LogP contribution in [0.4, 0.5) is 0 Å². The molecular formula is C25H28Br2N4O. The number of methoxy groups -OCH3 is 1. The minimum absolute atomic E-state index is 0.00855. The van der Waals surface area contributed by atoms with Gasteiger partial charge in [-0.05, 0) is 68.6 Å². The van der Waals surface area contributed by atoms with Crippen molar-refractivity contribution in [3.8, 4) is 0 Å². The SMILES string of the molecule is COC1=C2CC(C)(C)C(=Cc3cc(Br)c([nH]3)C=C3CC(C)(C)C(=Cc4cc(Br)c1[nH]4)N3)N2. The summed E-state index contributed by atoms with van der Waals surface area (Å²) >= 11 is 7.49. The van der Waals surface area contributed by atoms with E-state index < -0.39 is 0 Å². The second-order valence-electron chi connectivity index (χ2n) is 10.1. The lowest BCUT2D eigenvalue weighted by molar-refractivity contribution is 0.361. The van der Waals surface area contributed by atoms with Gasteiger partial charge in [0.05, 0.1) is 24.2 Å². The van der Waals surface area contributed by atoms with Gasteiger partial charge in [0.2, 0.25) is 0 Å². The van der Waals surface area contributed by atoms with Crippen LogP contribution < -0.4 is 10.6 Å². The summed E-state index contributed by atoms with van der Waals surface area (Å²) in [5.74, 6) is 0.831. The molecule has 0 aliphatic carbocycles. The summed E-state index contributed by atoms with van der Waals surface area (Å²) < 4.78 is 7.96. The number of allylic oxidation sites excluding steroid dienone is 4. The second kappa shape index (κ2) is 7.45. The third-order valence-corrected chi connectivity index (χ3v) is 7.80. The molecule has 5 nitrogen and oxygen atoms in total. The number of ether oxygens (including phenoxy) is 1. The number of nitrogens with one attached hydrogen (secondary N) is 4. The summed E-state index contributed by atoms with van der Waals surface area (Å²) in [5, 5.41) is 7.30. The number of fused-ring (bicyclic) bond motifs is 8. The zero-order chi connectivity index (χ0) is 22.8. The molecule has 3 aliphatic rings. The van der Waals surface area contributed by atoms with E-state index in [4.69, 9.17) is 4.74 Å². The zero-order valence-corrected chi connectivity index (χ0v) is 22.1. The molecule has 8 bridgehead atoms. The zero-order valence-electron chi connectivity index (χ0n) is 19.0. The van der Waals surface area contributed by atoms with Gasteiger partial charge < -0.3 is 25.3 Å². The summed E-state index contributed by atoms with van der Waals surface area (Å²) in [6, 6.07) is 4.25. The fourth-order valence-electron chi connectivity index (χ4n) is 4.76. The van der Waals surface area contributed by atoms with Gasteiger partial charge in [-0.1, -0.05) is 27.7 Å². The summed E-state index contributed by atoms with van der Waals surface area (Å²) in [7, 11) is 1.73. The van der Waals surface area contributed by atoms with Crippen LogP contribution in [-0.4, -0.2) is 17.1 Å². The van der Waals surface area contributed by atoms with E-state index in [1.54, 1.807) is 7.11 Å². The summed E-state index contributed by atoms with van der Waals surface area (Å²) in [5.41, 5.74) is 8.68. The number of aromatic nitrogens is 2. The van der Waals surface area contributed by atoms with Gasteiger partial charge in [0, 0.05) is 54.7 Å². The van der Waals surface area contributed by atoms with E-state index in [1.807, 2.05) is 0 Å². The molecule has 0 saturated carbocycles. The van der Waals surface area contributed by atoms with Gasteiger partial charge in [0.1, 0.15) is 0 Å². The normalized spacial score (nSPS) is 20.9. The van der Waals surface area contributed by atoms with Crippen molar-refractivity contribution in [3.05, 3.63) is 66.6 Å². The smallest absolute Gasteiger partial charge is 0.162 e. The van der Waals surface area contributed by atoms with Crippen LogP contribution in [0.1, 0.15) is 63.3 Å². The van der Waals surface area contributed by atoms with Gasteiger partial charge in [-0.15, -0.1) is 0 Å². The Bertz CT molecular complexity index is 1240. The van der Waals surface area contributed by atoms with Crippen LogP contribution >= 0.6 is 31.9 Å². The molecule has 2 saturated heterocycles. The maximum Gasteiger partial charge on any atom is 0.162 e. The monoisotopic (exact) mass is 558 g/mol. The number of rotatable bonds is 1. The van der Waals surface area contributed by atoms with Crippen molar-refractivity contribution in [1.29, 1.82) is 0 Å². The highest BCUT2D eigenvalue weighted by atomic mass is 79.9. The number of halogens is 2. The van der Waals surface area contributed by atoms with Crippen molar-refractivity contribution >= 4 is 55.8 Å². The lowest BCUT2D eigenvalue weighted by Gasteiger charge is -2.17. The molecule has 0 spiro atoms.